The lowest BCUT2D eigenvalue weighted by Crippen LogP contribution is -2.47. The summed E-state index contributed by atoms with van der Waals surface area (Å²) in [5.74, 6) is 0.190. The molecule has 254 valence electrons. The first-order chi connectivity index (χ1) is 22.0. The predicted molar refractivity (Wildman–Crippen MR) is 185 cm³/mol. The number of ether oxygens (including phenoxy) is 2. The number of nitrogens with zero attached hydrogens (tertiary/aromatic N) is 2. The zero-order valence-corrected chi connectivity index (χ0v) is 29.3. The van der Waals surface area contributed by atoms with Gasteiger partial charge in [-0.1, -0.05) is 55.5 Å². The molecule has 2 aromatic rings. The molecule has 0 unspecified atom stereocenters. The number of hydrogen-bond donors (Lipinski definition) is 2. The van der Waals surface area contributed by atoms with Crippen molar-refractivity contribution in [3.8, 4) is 5.75 Å². The molecule has 0 spiro atoms. The van der Waals surface area contributed by atoms with Crippen molar-refractivity contribution < 1.29 is 24.2 Å². The van der Waals surface area contributed by atoms with E-state index in [4.69, 9.17) is 32.7 Å². The molecule has 10 heteroatoms. The van der Waals surface area contributed by atoms with Crippen LogP contribution in [0.15, 0.2) is 36.4 Å². The van der Waals surface area contributed by atoms with Crippen LogP contribution in [-0.4, -0.2) is 78.3 Å². The van der Waals surface area contributed by atoms with Crippen LogP contribution in [-0.2, 0) is 16.1 Å². The number of anilines is 1. The molecule has 1 saturated carbocycles. The maximum Gasteiger partial charge on any atom is 0.258 e. The number of hydrogen-bond acceptors (Lipinski definition) is 6. The number of fused-ring (bicyclic) bond motifs is 1. The Bertz CT molecular complexity index is 1300. The Morgan fingerprint density at radius 1 is 1.04 bits per heavy atom. The third-order valence-corrected chi connectivity index (χ3v) is 9.96. The second-order valence-electron chi connectivity index (χ2n) is 13.3. The minimum atomic E-state index is -0.441. The van der Waals surface area contributed by atoms with Crippen LogP contribution in [0, 0.1) is 11.8 Å². The van der Waals surface area contributed by atoms with Gasteiger partial charge in [0.1, 0.15) is 5.75 Å². The van der Waals surface area contributed by atoms with Crippen LogP contribution in [0.3, 0.4) is 0 Å². The normalized spacial score (nSPS) is 22.9. The summed E-state index contributed by atoms with van der Waals surface area (Å²) in [7, 11) is 2.04. The third-order valence-electron chi connectivity index (χ3n) is 9.22. The molecule has 4 rings (SSSR count). The Kier molecular flexibility index (Phi) is 14.0. The summed E-state index contributed by atoms with van der Waals surface area (Å²) < 4.78 is 12.8. The molecule has 1 aliphatic carbocycles. The number of nitrogens with one attached hydrogen (secondary N) is 1. The zero-order valence-electron chi connectivity index (χ0n) is 27.8. The van der Waals surface area contributed by atoms with Gasteiger partial charge in [-0.15, -0.1) is 0 Å². The van der Waals surface area contributed by atoms with Crippen molar-refractivity contribution in [3.05, 3.63) is 57.6 Å². The van der Waals surface area contributed by atoms with E-state index in [2.05, 4.69) is 17.1 Å². The Balaban J connectivity index is 1.58. The van der Waals surface area contributed by atoms with Gasteiger partial charge in [-0.05, 0) is 88.9 Å². The van der Waals surface area contributed by atoms with Crippen LogP contribution in [0.25, 0.3) is 0 Å². The number of likely N-dealkylation sites (N-methyl/N-ethyl adjacent to an activating group) is 1. The minimum Gasteiger partial charge on any atom is -0.490 e. The highest BCUT2D eigenvalue weighted by Gasteiger charge is 2.31. The van der Waals surface area contributed by atoms with Crippen molar-refractivity contribution in [2.75, 3.05) is 38.7 Å². The van der Waals surface area contributed by atoms with Crippen molar-refractivity contribution in [2.45, 2.75) is 96.9 Å². The average Bonchev–Trinajstić information content (AvgIpc) is 3.04. The highest BCUT2D eigenvalue weighted by atomic mass is 35.5. The number of aliphatic hydroxyl groups is 1. The summed E-state index contributed by atoms with van der Waals surface area (Å²) in [5, 5.41) is 14.4. The summed E-state index contributed by atoms with van der Waals surface area (Å²) in [5.41, 5.74) is 2.01. The quantitative estimate of drug-likeness (QED) is 0.302. The molecule has 1 fully saturated rings. The van der Waals surface area contributed by atoms with Gasteiger partial charge in [-0.2, -0.15) is 0 Å². The van der Waals surface area contributed by atoms with E-state index >= 15 is 0 Å². The Morgan fingerprint density at radius 3 is 2.50 bits per heavy atom. The van der Waals surface area contributed by atoms with Gasteiger partial charge < -0.3 is 24.8 Å². The lowest BCUT2D eigenvalue weighted by molar-refractivity contribution is -0.120. The molecule has 4 atom stereocenters. The van der Waals surface area contributed by atoms with E-state index in [1.807, 2.05) is 45.2 Å². The smallest absolute Gasteiger partial charge is 0.258 e. The minimum absolute atomic E-state index is 0.00136. The van der Waals surface area contributed by atoms with Crippen LogP contribution in [0.1, 0.15) is 88.1 Å². The zero-order chi connectivity index (χ0) is 33.2. The fourth-order valence-electron chi connectivity index (χ4n) is 6.39. The van der Waals surface area contributed by atoms with Crippen LogP contribution >= 0.6 is 23.2 Å². The number of benzene rings is 2. The van der Waals surface area contributed by atoms with Crippen LogP contribution in [0.4, 0.5) is 5.69 Å². The first kappa shape index (κ1) is 36.5. The van der Waals surface area contributed by atoms with Gasteiger partial charge in [-0.25, -0.2) is 0 Å². The van der Waals surface area contributed by atoms with Crippen molar-refractivity contribution in [1.29, 1.82) is 0 Å². The highest BCUT2D eigenvalue weighted by Crippen LogP contribution is 2.30. The predicted octanol–water partition coefficient (Wildman–Crippen LogP) is 7.44. The standard InChI is InChI=1S/C36H51Cl2N3O5/c1-24-20-41(25(2)23-42)36(44)30-19-29(39-35(43)28-11-6-5-7-12-28)14-16-33(30)46-26(3)10-8-9-17-45-34(24)22-40(4)21-27-13-15-31(37)32(38)18-27/h13-16,18-19,24-26,28,34,42H,5-12,17,20-23H2,1-4H3,(H,39,43)/t24-,25-,26+,34+/m1/s1. The van der Waals surface area contributed by atoms with Gasteiger partial charge >= 0.3 is 0 Å². The molecule has 0 saturated heterocycles. The van der Waals surface area contributed by atoms with Crippen LogP contribution in [0.5, 0.6) is 5.75 Å². The van der Waals surface area contributed by atoms with Gasteiger partial charge in [0.05, 0.1) is 40.5 Å². The summed E-state index contributed by atoms with van der Waals surface area (Å²) in [6, 6.07) is 10.6. The monoisotopic (exact) mass is 675 g/mol. The van der Waals surface area contributed by atoms with Crippen LogP contribution < -0.4 is 10.1 Å². The van der Waals surface area contributed by atoms with Gasteiger partial charge in [0.15, 0.2) is 0 Å². The second kappa shape index (κ2) is 17.7. The average molecular weight is 677 g/mol. The molecule has 2 aliphatic rings. The summed E-state index contributed by atoms with van der Waals surface area (Å²) >= 11 is 12.4. The summed E-state index contributed by atoms with van der Waals surface area (Å²) in [6.45, 7) is 8.04. The van der Waals surface area contributed by atoms with E-state index < -0.39 is 6.04 Å². The van der Waals surface area contributed by atoms with E-state index in [0.29, 0.717) is 53.3 Å². The molecular weight excluding hydrogens is 625 g/mol. The number of halogens is 2. The van der Waals surface area contributed by atoms with Gasteiger partial charge in [0, 0.05) is 43.8 Å². The molecule has 2 aromatic carbocycles. The molecule has 2 N–H and O–H groups in total. The number of rotatable bonds is 8. The number of aliphatic hydroxyl groups excluding tert-OH is 1. The maximum atomic E-state index is 14.4. The topological polar surface area (TPSA) is 91.3 Å². The van der Waals surface area contributed by atoms with Gasteiger partial charge in [-0.3, -0.25) is 14.5 Å². The molecule has 0 bridgehead atoms. The van der Waals surface area contributed by atoms with E-state index in [0.717, 1.165) is 50.5 Å². The van der Waals surface area contributed by atoms with E-state index in [9.17, 15) is 14.7 Å². The van der Waals surface area contributed by atoms with Crippen molar-refractivity contribution in [1.82, 2.24) is 9.80 Å². The van der Waals surface area contributed by atoms with E-state index in [1.165, 1.54) is 6.42 Å². The number of amides is 2. The van der Waals surface area contributed by atoms with Crippen molar-refractivity contribution in [3.63, 3.8) is 0 Å². The summed E-state index contributed by atoms with van der Waals surface area (Å²) in [6.07, 6.45) is 7.43. The first-order valence-electron chi connectivity index (χ1n) is 16.8. The first-order valence-corrected chi connectivity index (χ1v) is 17.6. The second-order valence-corrected chi connectivity index (χ2v) is 14.1. The van der Waals surface area contributed by atoms with Crippen LogP contribution in [0.2, 0.25) is 10.0 Å². The molecule has 1 aliphatic heterocycles. The Labute approximate surface area is 284 Å². The Hall–Kier alpha value is -2.36. The fourth-order valence-corrected chi connectivity index (χ4v) is 6.71. The highest BCUT2D eigenvalue weighted by molar-refractivity contribution is 6.42. The molecule has 46 heavy (non-hydrogen) atoms. The molecule has 0 aromatic heterocycles. The summed E-state index contributed by atoms with van der Waals surface area (Å²) in [4.78, 5) is 31.4. The molecule has 1 heterocycles. The van der Waals surface area contributed by atoms with Crippen molar-refractivity contribution >= 4 is 40.7 Å². The lowest BCUT2D eigenvalue weighted by atomic mass is 9.88. The number of carbonyl (C=O) groups is 2. The van der Waals surface area contributed by atoms with Gasteiger partial charge in [0.25, 0.3) is 5.91 Å². The Morgan fingerprint density at radius 2 is 1.78 bits per heavy atom. The van der Waals surface area contributed by atoms with E-state index in [1.54, 1.807) is 17.0 Å². The number of carbonyl (C=O) groups excluding carboxylic acids is 2. The SMILES string of the molecule is C[C@@H]1CN([C@H](C)CO)C(=O)c2cc(NC(=O)C3CCCCC3)ccc2O[C@@H](C)CCCCO[C@H]1CN(C)Cc1ccc(Cl)c(Cl)c1. The molecular formula is C36H51Cl2N3O5. The van der Waals surface area contributed by atoms with Crippen molar-refractivity contribution in [2.24, 2.45) is 11.8 Å². The van der Waals surface area contributed by atoms with E-state index in [-0.39, 0.29) is 42.5 Å². The largest absolute Gasteiger partial charge is 0.490 e. The van der Waals surface area contributed by atoms with Gasteiger partial charge in [0.2, 0.25) is 5.91 Å². The lowest BCUT2D eigenvalue weighted by Gasteiger charge is -2.36. The molecule has 8 nitrogen and oxygen atoms in total. The maximum absolute atomic E-state index is 14.4. The fraction of sp³-hybridized carbons (Fsp3) is 0.611. The molecule has 2 amide bonds. The third kappa shape index (κ3) is 10.3. The molecule has 0 radical (unpaired) electrons.